The number of hydrogen-bond donors (Lipinski definition) is 3. The lowest BCUT2D eigenvalue weighted by atomic mass is 9.33. The van der Waals surface area contributed by atoms with Crippen molar-refractivity contribution in [1.82, 2.24) is 15.5 Å². The molecule has 382 valence electrons. The van der Waals surface area contributed by atoms with E-state index < -0.39 is 34.2 Å². The molecular formula is C57H84ClN3O8. The third-order valence-corrected chi connectivity index (χ3v) is 20.8. The van der Waals surface area contributed by atoms with Gasteiger partial charge in [0.15, 0.2) is 5.78 Å². The maximum Gasteiger partial charge on any atom is 0.309 e. The summed E-state index contributed by atoms with van der Waals surface area (Å²) in [5, 5.41) is 16.6. The van der Waals surface area contributed by atoms with Gasteiger partial charge in [-0.25, -0.2) is 0 Å². The van der Waals surface area contributed by atoms with Crippen LogP contribution in [0.25, 0.3) is 0 Å². The fourth-order valence-corrected chi connectivity index (χ4v) is 16.6. The first kappa shape index (κ1) is 51.9. The molecule has 10 atom stereocenters. The molecule has 8 rings (SSSR count). The van der Waals surface area contributed by atoms with Gasteiger partial charge in [-0.2, -0.15) is 0 Å². The lowest BCUT2D eigenvalue weighted by Crippen LogP contribution is -2.66. The van der Waals surface area contributed by atoms with Crippen molar-refractivity contribution in [2.75, 3.05) is 32.8 Å². The van der Waals surface area contributed by atoms with Crippen molar-refractivity contribution >= 4 is 41.1 Å². The number of allylic oxidation sites excluding steroid dienone is 2. The number of Topliss-reactive ketones (excluding diaryl/α,β-unsaturated/α-hetero) is 1. The molecule has 0 bridgehead atoms. The number of likely N-dealkylation sites (tertiary alicyclic amines) is 1. The molecule has 6 aliphatic carbocycles. The number of fused-ring (bicyclic) bond motifs is 7. The minimum Gasteiger partial charge on any atom is -0.491 e. The number of piperidine rings is 1. The molecule has 69 heavy (non-hydrogen) atoms. The quantitative estimate of drug-likeness (QED) is 0.155. The monoisotopic (exact) mass is 974 g/mol. The van der Waals surface area contributed by atoms with Crippen LogP contribution in [-0.2, 0) is 23.9 Å². The average molecular weight is 975 g/mol. The topological polar surface area (TPSA) is 151 Å². The molecule has 7 aliphatic rings. The van der Waals surface area contributed by atoms with E-state index in [0.29, 0.717) is 47.6 Å². The van der Waals surface area contributed by atoms with Crippen LogP contribution in [0, 0.1) is 68.0 Å². The van der Waals surface area contributed by atoms with Crippen LogP contribution in [-0.4, -0.2) is 84.0 Å². The Labute approximate surface area is 417 Å². The van der Waals surface area contributed by atoms with Crippen molar-refractivity contribution in [3.05, 3.63) is 39.9 Å². The zero-order valence-corrected chi connectivity index (χ0v) is 44.6. The molecular weight excluding hydrogens is 890 g/mol. The van der Waals surface area contributed by atoms with Crippen molar-refractivity contribution in [1.29, 1.82) is 0 Å². The molecule has 12 heteroatoms. The van der Waals surface area contributed by atoms with Crippen LogP contribution in [0.5, 0.6) is 5.75 Å². The van der Waals surface area contributed by atoms with Crippen molar-refractivity contribution < 1.29 is 38.6 Å². The molecule has 0 aromatic heterocycles. The van der Waals surface area contributed by atoms with E-state index in [1.807, 2.05) is 27.7 Å². The molecule has 1 heterocycles. The van der Waals surface area contributed by atoms with Crippen LogP contribution in [0.2, 0.25) is 5.02 Å². The summed E-state index contributed by atoms with van der Waals surface area (Å²) in [6, 6.07) is 5.08. The molecule has 1 aliphatic heterocycles. The van der Waals surface area contributed by atoms with E-state index in [4.69, 9.17) is 21.1 Å². The number of amides is 2. The molecule has 1 aromatic carbocycles. The smallest absolute Gasteiger partial charge is 0.309 e. The number of aliphatic carboxylic acids is 1. The number of nitrogens with one attached hydrogen (secondary N) is 2. The van der Waals surface area contributed by atoms with Gasteiger partial charge in [0, 0.05) is 41.8 Å². The van der Waals surface area contributed by atoms with E-state index in [2.05, 4.69) is 64.0 Å². The molecule has 0 spiro atoms. The summed E-state index contributed by atoms with van der Waals surface area (Å²) < 4.78 is 12.6. The van der Waals surface area contributed by atoms with E-state index in [-0.39, 0.29) is 76.1 Å². The Balaban J connectivity index is 0.944. The zero-order valence-electron chi connectivity index (χ0n) is 43.8. The number of ketones is 1. The second-order valence-corrected chi connectivity index (χ2v) is 26.4. The van der Waals surface area contributed by atoms with Gasteiger partial charge in [-0.15, -0.1) is 0 Å². The van der Waals surface area contributed by atoms with Gasteiger partial charge in [-0.1, -0.05) is 85.9 Å². The van der Waals surface area contributed by atoms with Gasteiger partial charge < -0.3 is 25.2 Å². The van der Waals surface area contributed by atoms with Crippen molar-refractivity contribution in [2.45, 2.75) is 178 Å². The first-order valence-corrected chi connectivity index (χ1v) is 27.0. The Morgan fingerprint density at radius 2 is 1.58 bits per heavy atom. The molecule has 1 aromatic rings. The minimum absolute atomic E-state index is 0.00222. The summed E-state index contributed by atoms with van der Waals surface area (Å²) in [4.78, 5) is 70.4. The Kier molecular flexibility index (Phi) is 14.0. The summed E-state index contributed by atoms with van der Waals surface area (Å²) in [5.74, 6) is -0.720. The maximum atomic E-state index is 14.3. The minimum atomic E-state index is -0.843. The predicted molar refractivity (Wildman–Crippen MR) is 269 cm³/mol. The van der Waals surface area contributed by atoms with Crippen LogP contribution < -0.4 is 15.4 Å². The first-order chi connectivity index (χ1) is 32.2. The number of rotatable bonds is 14. The Bertz CT molecular complexity index is 2250. The number of carbonyl (C=O) groups excluding carboxylic acids is 4. The standard InChI is InChI=1S/C57H84ClN3O8/c1-34(2)46-40(62)31-57(32-45(63)59-33-51(3,4)60-48(64)36-16-15-35(58)29-41(36)68-28-27-61-25-13-12-14-26-61)24-23-55(10)37(47(46)57)17-18-43-54(9)21-20-44(53(7,8)42(54)19-22-56(43,55)11)69-50(67)39-30-38(49(65)66)52(39,5)6/h15-16,29,34,37-39,42-44H,12-14,17-28,30-33H2,1-11H3,(H,59,63)(H,60,64)(H,65,66)/t37-,38+,39-,42+,43-,44+,54+,55-,56-,57+/m1/s1. The fraction of sp³-hybridized carbons (Fsp3) is 0.772. The van der Waals surface area contributed by atoms with Crippen LogP contribution in [0.15, 0.2) is 29.3 Å². The average Bonchev–Trinajstić information content (AvgIpc) is 3.55. The highest BCUT2D eigenvalue weighted by Gasteiger charge is 2.70. The normalized spacial score (nSPS) is 36.0. The molecule has 0 unspecified atom stereocenters. The van der Waals surface area contributed by atoms with E-state index in [1.54, 1.807) is 18.2 Å². The van der Waals surface area contributed by atoms with E-state index >= 15 is 0 Å². The van der Waals surface area contributed by atoms with Crippen LogP contribution >= 0.6 is 11.6 Å². The second kappa shape index (κ2) is 18.6. The van der Waals surface area contributed by atoms with Crippen LogP contribution in [0.4, 0.5) is 0 Å². The number of nitrogens with zero attached hydrogens (tertiary/aromatic N) is 1. The summed E-state index contributed by atoms with van der Waals surface area (Å²) in [7, 11) is 0. The van der Waals surface area contributed by atoms with Gasteiger partial charge in [0.1, 0.15) is 18.5 Å². The number of ether oxygens (including phenoxy) is 2. The summed E-state index contributed by atoms with van der Waals surface area (Å²) in [6.45, 7) is 27.6. The van der Waals surface area contributed by atoms with E-state index in [1.165, 1.54) is 24.8 Å². The molecule has 5 saturated carbocycles. The van der Waals surface area contributed by atoms with Crippen molar-refractivity contribution in [2.24, 2.45) is 68.0 Å². The number of halogens is 1. The SMILES string of the molecule is CC(C)C1=C2[C@H]3CC[C@@H]4[C@@]5(C)CC[C@H](OC(=O)[C@H]6C[C@@H](C(=O)O)C6(C)C)C(C)(C)[C@@H]5CC[C@@]4(C)[C@]3(C)CC[C@@]2(CC(=O)NCC(C)(C)NC(=O)c2ccc(Cl)cc2OCCN2CCCCC2)CC1=O. The third-order valence-electron chi connectivity index (χ3n) is 20.6. The Morgan fingerprint density at radius 3 is 2.25 bits per heavy atom. The Hall–Kier alpha value is -3.44. The highest BCUT2D eigenvalue weighted by atomic mass is 35.5. The van der Waals surface area contributed by atoms with Gasteiger partial charge in [-0.3, -0.25) is 28.9 Å². The lowest BCUT2D eigenvalue weighted by Gasteiger charge is -2.72. The van der Waals surface area contributed by atoms with E-state index in [0.717, 1.165) is 76.6 Å². The van der Waals surface area contributed by atoms with Gasteiger partial charge in [-0.05, 0) is 167 Å². The number of carbonyl (C=O) groups is 5. The molecule has 11 nitrogen and oxygen atoms in total. The van der Waals surface area contributed by atoms with Gasteiger partial charge in [0.2, 0.25) is 5.91 Å². The van der Waals surface area contributed by atoms with Gasteiger partial charge in [0.05, 0.1) is 22.9 Å². The summed E-state index contributed by atoms with van der Waals surface area (Å²) in [6.07, 6.45) is 12.0. The van der Waals surface area contributed by atoms with Gasteiger partial charge >= 0.3 is 11.9 Å². The first-order valence-electron chi connectivity index (χ1n) is 26.7. The van der Waals surface area contributed by atoms with Crippen LogP contribution in [0.1, 0.15) is 176 Å². The third kappa shape index (κ3) is 9.00. The van der Waals surface area contributed by atoms with Crippen LogP contribution in [0.3, 0.4) is 0 Å². The molecule has 2 amide bonds. The number of carboxylic acids is 1. The molecule has 1 saturated heterocycles. The van der Waals surface area contributed by atoms with E-state index in [9.17, 15) is 29.1 Å². The Morgan fingerprint density at radius 1 is 0.870 bits per heavy atom. The highest BCUT2D eigenvalue weighted by Crippen LogP contribution is 2.77. The molecule has 6 fully saturated rings. The predicted octanol–water partition coefficient (Wildman–Crippen LogP) is 10.9. The number of esters is 1. The highest BCUT2D eigenvalue weighted by molar-refractivity contribution is 6.30. The largest absolute Gasteiger partial charge is 0.491 e. The number of hydrogen-bond acceptors (Lipinski definition) is 8. The molecule has 3 N–H and O–H groups in total. The van der Waals surface area contributed by atoms with Crippen molar-refractivity contribution in [3.63, 3.8) is 0 Å². The summed E-state index contributed by atoms with van der Waals surface area (Å²) in [5.41, 5.74) is 0.384. The number of benzene rings is 1. The zero-order chi connectivity index (χ0) is 50.3. The van der Waals surface area contributed by atoms with Crippen molar-refractivity contribution in [3.8, 4) is 5.75 Å². The van der Waals surface area contributed by atoms with Gasteiger partial charge in [0.25, 0.3) is 5.91 Å². The lowest BCUT2D eigenvalue weighted by molar-refractivity contribution is -0.236. The second-order valence-electron chi connectivity index (χ2n) is 25.9. The maximum absolute atomic E-state index is 14.3. The summed E-state index contributed by atoms with van der Waals surface area (Å²) >= 11 is 6.37. The molecule has 0 radical (unpaired) electrons. The fourth-order valence-electron chi connectivity index (χ4n) is 16.5. The number of carboxylic acid groups (broad SMARTS) is 1.